The molecule has 0 aromatic heterocycles. The minimum Gasteiger partial charge on any atom is -0.378 e. The molecule has 3 N–H and O–H groups in total. The van der Waals surface area contributed by atoms with E-state index in [-0.39, 0.29) is 18.0 Å². The third-order valence-electron chi connectivity index (χ3n) is 3.73. The van der Waals surface area contributed by atoms with Crippen molar-refractivity contribution in [1.82, 2.24) is 10.6 Å². The first-order valence-corrected chi connectivity index (χ1v) is 8.57. The van der Waals surface area contributed by atoms with Gasteiger partial charge in [-0.25, -0.2) is 4.79 Å². The molecule has 0 saturated heterocycles. The van der Waals surface area contributed by atoms with Crippen molar-refractivity contribution in [2.45, 2.75) is 26.4 Å². The van der Waals surface area contributed by atoms with Crippen molar-refractivity contribution in [1.29, 1.82) is 0 Å². The zero-order valence-electron chi connectivity index (χ0n) is 15.7. The second-order valence-electron chi connectivity index (χ2n) is 6.57. The molecule has 0 heterocycles. The van der Waals surface area contributed by atoms with Crippen molar-refractivity contribution in [3.63, 3.8) is 0 Å². The van der Waals surface area contributed by atoms with Crippen molar-refractivity contribution >= 4 is 23.3 Å². The Balaban J connectivity index is 1.87. The summed E-state index contributed by atoms with van der Waals surface area (Å²) < 4.78 is 0. The first-order chi connectivity index (χ1) is 12.3. The maximum atomic E-state index is 12.2. The van der Waals surface area contributed by atoms with Crippen LogP contribution in [0.2, 0.25) is 0 Å². The second kappa shape index (κ2) is 8.89. The quantitative estimate of drug-likeness (QED) is 0.746. The first-order valence-electron chi connectivity index (χ1n) is 8.57. The Kier molecular flexibility index (Phi) is 6.60. The third kappa shape index (κ3) is 5.81. The van der Waals surface area contributed by atoms with Gasteiger partial charge in [-0.2, -0.15) is 0 Å². The number of nitrogens with one attached hydrogen (secondary N) is 3. The van der Waals surface area contributed by atoms with Gasteiger partial charge in [0.15, 0.2) is 0 Å². The predicted octanol–water partition coefficient (Wildman–Crippen LogP) is 3.21. The fraction of sp³-hybridized carbons (Fsp3) is 0.300. The van der Waals surface area contributed by atoms with Gasteiger partial charge in [0.2, 0.25) is 0 Å². The molecule has 138 valence electrons. The highest BCUT2D eigenvalue weighted by Gasteiger charge is 2.07. The molecule has 0 unspecified atom stereocenters. The fourth-order valence-corrected chi connectivity index (χ4v) is 2.33. The number of hydrogen-bond donors (Lipinski definition) is 3. The van der Waals surface area contributed by atoms with Crippen LogP contribution in [-0.4, -0.2) is 32.1 Å². The van der Waals surface area contributed by atoms with E-state index in [1.165, 1.54) is 0 Å². The largest absolute Gasteiger partial charge is 0.378 e. The summed E-state index contributed by atoms with van der Waals surface area (Å²) in [6, 6.07) is 14.7. The Bertz CT molecular complexity index is 737. The molecule has 0 spiro atoms. The van der Waals surface area contributed by atoms with Gasteiger partial charge in [0.25, 0.3) is 5.91 Å². The highest BCUT2D eigenvalue weighted by molar-refractivity contribution is 5.94. The van der Waals surface area contributed by atoms with Gasteiger partial charge in [-0.3, -0.25) is 4.79 Å². The Morgan fingerprint density at radius 2 is 1.58 bits per heavy atom. The lowest BCUT2D eigenvalue weighted by Crippen LogP contribution is -2.34. The summed E-state index contributed by atoms with van der Waals surface area (Å²) in [5, 5.41) is 8.43. The molecule has 6 nitrogen and oxygen atoms in total. The van der Waals surface area contributed by atoms with E-state index in [1.54, 1.807) is 0 Å². The van der Waals surface area contributed by atoms with Gasteiger partial charge in [0.1, 0.15) is 0 Å². The number of urea groups is 1. The van der Waals surface area contributed by atoms with Gasteiger partial charge in [0, 0.05) is 43.6 Å². The normalized spacial score (nSPS) is 10.3. The summed E-state index contributed by atoms with van der Waals surface area (Å²) in [5.41, 5.74) is 3.33. The summed E-state index contributed by atoms with van der Waals surface area (Å²) in [7, 11) is 3.92. The molecule has 0 aliphatic carbocycles. The van der Waals surface area contributed by atoms with Crippen molar-refractivity contribution in [2.75, 3.05) is 24.3 Å². The van der Waals surface area contributed by atoms with E-state index in [0.29, 0.717) is 17.8 Å². The van der Waals surface area contributed by atoms with E-state index in [0.717, 1.165) is 11.3 Å². The van der Waals surface area contributed by atoms with E-state index in [4.69, 9.17) is 0 Å². The van der Waals surface area contributed by atoms with Crippen molar-refractivity contribution < 1.29 is 9.59 Å². The number of rotatable bonds is 6. The van der Waals surface area contributed by atoms with Crippen molar-refractivity contribution in [3.8, 4) is 0 Å². The smallest absolute Gasteiger partial charge is 0.319 e. The molecule has 2 rings (SSSR count). The van der Waals surface area contributed by atoms with Crippen LogP contribution in [0.15, 0.2) is 48.5 Å². The summed E-state index contributed by atoms with van der Waals surface area (Å²) in [5.74, 6) is -0.117. The lowest BCUT2D eigenvalue weighted by molar-refractivity contribution is 0.0951. The second-order valence-corrected chi connectivity index (χ2v) is 6.57. The molecule has 0 saturated carbocycles. The van der Waals surface area contributed by atoms with Gasteiger partial charge in [0.05, 0.1) is 0 Å². The van der Waals surface area contributed by atoms with Crippen molar-refractivity contribution in [2.24, 2.45) is 0 Å². The van der Waals surface area contributed by atoms with E-state index in [2.05, 4.69) is 16.0 Å². The standard InChI is InChI=1S/C20H26N4O2/c1-14(2)22-20(26)23-17-9-5-15(6-10-17)13-21-19(25)16-7-11-18(12-8-16)24(3)4/h5-12,14H,13H2,1-4H3,(H,21,25)(H2,22,23,26). The molecule has 0 fully saturated rings. The molecule has 2 aromatic carbocycles. The van der Waals surface area contributed by atoms with Crippen LogP contribution in [0, 0.1) is 0 Å². The van der Waals surface area contributed by atoms with Crippen LogP contribution in [0.3, 0.4) is 0 Å². The Hall–Kier alpha value is -3.02. The molecule has 0 aliphatic rings. The zero-order chi connectivity index (χ0) is 19.1. The average Bonchev–Trinajstić information content (AvgIpc) is 2.60. The van der Waals surface area contributed by atoms with Crippen LogP contribution in [0.25, 0.3) is 0 Å². The molecule has 0 atom stereocenters. The van der Waals surface area contributed by atoms with Gasteiger partial charge >= 0.3 is 6.03 Å². The molecule has 0 bridgehead atoms. The fourth-order valence-electron chi connectivity index (χ4n) is 2.33. The topological polar surface area (TPSA) is 73.5 Å². The number of carbonyl (C=O) groups is 2. The molecule has 6 heteroatoms. The van der Waals surface area contributed by atoms with E-state index in [9.17, 15) is 9.59 Å². The zero-order valence-corrected chi connectivity index (χ0v) is 15.7. The summed E-state index contributed by atoms with van der Waals surface area (Å²) >= 11 is 0. The molecule has 3 amide bonds. The molecule has 26 heavy (non-hydrogen) atoms. The number of hydrogen-bond acceptors (Lipinski definition) is 3. The summed E-state index contributed by atoms with van der Waals surface area (Å²) in [4.78, 5) is 25.9. The van der Waals surface area contributed by atoms with Gasteiger partial charge in [-0.05, 0) is 55.8 Å². The number of carbonyl (C=O) groups excluding carboxylic acids is 2. The molecule has 0 radical (unpaired) electrons. The number of benzene rings is 2. The van der Waals surface area contributed by atoms with E-state index >= 15 is 0 Å². The minimum absolute atomic E-state index is 0.0799. The molecule has 0 aliphatic heterocycles. The molecular formula is C20H26N4O2. The maximum absolute atomic E-state index is 12.2. The lowest BCUT2D eigenvalue weighted by atomic mass is 10.1. The first kappa shape index (κ1) is 19.3. The van der Waals surface area contributed by atoms with Gasteiger partial charge in [-0.15, -0.1) is 0 Å². The third-order valence-corrected chi connectivity index (χ3v) is 3.73. The Morgan fingerprint density at radius 3 is 2.12 bits per heavy atom. The highest BCUT2D eigenvalue weighted by atomic mass is 16.2. The number of anilines is 2. The van der Waals surface area contributed by atoms with Crippen LogP contribution < -0.4 is 20.9 Å². The summed E-state index contributed by atoms with van der Waals surface area (Å²) in [6.45, 7) is 4.23. The van der Waals surface area contributed by atoms with Crippen LogP contribution in [-0.2, 0) is 6.54 Å². The van der Waals surface area contributed by atoms with E-state index < -0.39 is 0 Å². The number of amides is 3. The average molecular weight is 354 g/mol. The van der Waals surface area contributed by atoms with Crippen LogP contribution in [0.1, 0.15) is 29.8 Å². The highest BCUT2D eigenvalue weighted by Crippen LogP contribution is 2.13. The van der Waals surface area contributed by atoms with Crippen LogP contribution in [0.5, 0.6) is 0 Å². The van der Waals surface area contributed by atoms with Crippen molar-refractivity contribution in [3.05, 3.63) is 59.7 Å². The monoisotopic (exact) mass is 354 g/mol. The molecular weight excluding hydrogens is 328 g/mol. The van der Waals surface area contributed by atoms with Gasteiger partial charge in [-0.1, -0.05) is 12.1 Å². The Labute approximate surface area is 154 Å². The lowest BCUT2D eigenvalue weighted by Gasteiger charge is -2.13. The van der Waals surface area contributed by atoms with E-state index in [1.807, 2.05) is 81.4 Å². The van der Waals surface area contributed by atoms with Crippen LogP contribution >= 0.6 is 0 Å². The van der Waals surface area contributed by atoms with Crippen LogP contribution in [0.4, 0.5) is 16.2 Å². The number of nitrogens with zero attached hydrogens (tertiary/aromatic N) is 1. The Morgan fingerprint density at radius 1 is 0.962 bits per heavy atom. The minimum atomic E-state index is -0.234. The SMILES string of the molecule is CC(C)NC(=O)Nc1ccc(CNC(=O)c2ccc(N(C)C)cc2)cc1. The summed E-state index contributed by atoms with van der Waals surface area (Å²) in [6.07, 6.45) is 0. The molecule has 2 aromatic rings. The maximum Gasteiger partial charge on any atom is 0.319 e. The predicted molar refractivity (Wildman–Crippen MR) is 106 cm³/mol. The van der Waals surface area contributed by atoms with Gasteiger partial charge < -0.3 is 20.9 Å².